The minimum absolute atomic E-state index is 0.277. The van der Waals surface area contributed by atoms with Crippen molar-refractivity contribution in [2.24, 2.45) is 0 Å². The van der Waals surface area contributed by atoms with E-state index in [0.717, 1.165) is 10.5 Å². The molecule has 37 heavy (non-hydrogen) atoms. The number of esters is 1. The smallest absolute Gasteiger partial charge is 0.339 e. The monoisotopic (exact) mass is 511 g/mol. The van der Waals surface area contributed by atoms with E-state index in [0.29, 0.717) is 17.1 Å². The molecule has 0 saturated heterocycles. The molecule has 186 valence electrons. The number of amides is 3. The van der Waals surface area contributed by atoms with Gasteiger partial charge in [-0.3, -0.25) is 4.79 Å². The summed E-state index contributed by atoms with van der Waals surface area (Å²) in [6, 6.07) is 32.2. The highest BCUT2D eigenvalue weighted by atomic mass is 32.2. The minimum Gasteiger partial charge on any atom is -0.465 e. The number of urea groups is 1. The molecule has 0 aliphatic heterocycles. The number of anilines is 3. The second kappa shape index (κ2) is 12.4. The third kappa shape index (κ3) is 6.99. The maximum Gasteiger partial charge on any atom is 0.339 e. The highest BCUT2D eigenvalue weighted by Gasteiger charge is 2.24. The molecule has 0 fully saturated rings. The molecular formula is C29H25N3O4S. The SMILES string of the molecule is COC(=O)c1ccccc1NC(=O)C(Sc1ccc(NC(=O)Nc2ccccc2)cc1)c1ccccc1. The van der Waals surface area contributed by atoms with E-state index in [2.05, 4.69) is 16.0 Å². The van der Waals surface area contributed by atoms with Crippen LogP contribution in [0.15, 0.2) is 114 Å². The van der Waals surface area contributed by atoms with Gasteiger partial charge in [-0.1, -0.05) is 60.7 Å². The Balaban J connectivity index is 1.48. The van der Waals surface area contributed by atoms with Crippen molar-refractivity contribution in [3.63, 3.8) is 0 Å². The van der Waals surface area contributed by atoms with Gasteiger partial charge in [-0.15, -0.1) is 11.8 Å². The highest BCUT2D eigenvalue weighted by Crippen LogP contribution is 2.37. The van der Waals surface area contributed by atoms with Gasteiger partial charge in [0.2, 0.25) is 5.91 Å². The molecule has 4 aromatic carbocycles. The molecular weight excluding hydrogens is 486 g/mol. The van der Waals surface area contributed by atoms with Gasteiger partial charge in [-0.2, -0.15) is 0 Å². The molecule has 8 heteroatoms. The third-order valence-corrected chi connectivity index (χ3v) is 6.59. The molecule has 4 aromatic rings. The average molecular weight is 512 g/mol. The van der Waals surface area contributed by atoms with E-state index in [9.17, 15) is 14.4 Å². The zero-order valence-electron chi connectivity index (χ0n) is 20.0. The van der Waals surface area contributed by atoms with Gasteiger partial charge >= 0.3 is 12.0 Å². The Hall–Kier alpha value is -4.56. The molecule has 0 heterocycles. The normalized spacial score (nSPS) is 11.2. The summed E-state index contributed by atoms with van der Waals surface area (Å²) in [5, 5.41) is 7.86. The van der Waals surface area contributed by atoms with E-state index in [4.69, 9.17) is 4.74 Å². The van der Waals surface area contributed by atoms with E-state index >= 15 is 0 Å². The number of carbonyl (C=O) groups is 3. The summed E-state index contributed by atoms with van der Waals surface area (Å²) in [6.07, 6.45) is 0. The van der Waals surface area contributed by atoms with Crippen LogP contribution in [0.3, 0.4) is 0 Å². The van der Waals surface area contributed by atoms with Crippen molar-refractivity contribution in [1.29, 1.82) is 0 Å². The lowest BCUT2D eigenvalue weighted by atomic mass is 10.1. The van der Waals surface area contributed by atoms with E-state index < -0.39 is 11.2 Å². The Bertz CT molecular complexity index is 1360. The molecule has 0 bridgehead atoms. The van der Waals surface area contributed by atoms with Crippen LogP contribution in [-0.4, -0.2) is 25.0 Å². The summed E-state index contributed by atoms with van der Waals surface area (Å²) in [5.41, 5.74) is 2.78. The van der Waals surface area contributed by atoms with Gasteiger partial charge in [0.05, 0.1) is 18.4 Å². The Morgan fingerprint density at radius 3 is 1.89 bits per heavy atom. The number of methoxy groups -OCH3 is 1. The standard InChI is InChI=1S/C29H25N3O4S/c1-36-28(34)24-14-8-9-15-25(24)32-27(33)26(20-10-4-2-5-11-20)37-23-18-16-22(17-19-23)31-29(35)30-21-12-6-3-7-13-21/h2-19,26H,1H3,(H,32,33)(H2,30,31,35). The summed E-state index contributed by atoms with van der Waals surface area (Å²) in [7, 11) is 1.30. The fraction of sp³-hybridized carbons (Fsp3) is 0.0690. The second-order valence-electron chi connectivity index (χ2n) is 7.90. The molecule has 0 saturated carbocycles. The second-order valence-corrected chi connectivity index (χ2v) is 9.08. The third-order valence-electron chi connectivity index (χ3n) is 5.33. The van der Waals surface area contributed by atoms with Crippen LogP contribution in [0.25, 0.3) is 0 Å². The quantitative estimate of drug-likeness (QED) is 0.183. The molecule has 1 unspecified atom stereocenters. The van der Waals surface area contributed by atoms with Crippen LogP contribution in [0, 0.1) is 0 Å². The van der Waals surface area contributed by atoms with Crippen LogP contribution in [0.5, 0.6) is 0 Å². The molecule has 0 spiro atoms. The predicted octanol–water partition coefficient (Wildman–Crippen LogP) is 6.59. The molecule has 0 radical (unpaired) electrons. The maximum atomic E-state index is 13.4. The first-order valence-corrected chi connectivity index (χ1v) is 12.3. The topological polar surface area (TPSA) is 96.5 Å². The fourth-order valence-corrected chi connectivity index (χ4v) is 4.57. The van der Waals surface area contributed by atoms with Gasteiger partial charge in [-0.05, 0) is 54.1 Å². The van der Waals surface area contributed by atoms with Gasteiger partial charge in [0, 0.05) is 16.3 Å². The highest BCUT2D eigenvalue weighted by molar-refractivity contribution is 8.00. The lowest BCUT2D eigenvalue weighted by Crippen LogP contribution is -2.21. The Morgan fingerprint density at radius 1 is 0.676 bits per heavy atom. The van der Waals surface area contributed by atoms with Crippen LogP contribution in [0.1, 0.15) is 21.2 Å². The fourth-order valence-electron chi connectivity index (χ4n) is 3.55. The van der Waals surface area contributed by atoms with Crippen molar-refractivity contribution < 1.29 is 19.1 Å². The van der Waals surface area contributed by atoms with Crippen molar-refractivity contribution in [3.05, 3.63) is 120 Å². The van der Waals surface area contributed by atoms with Crippen molar-refractivity contribution >= 4 is 46.7 Å². The lowest BCUT2D eigenvalue weighted by Gasteiger charge is -2.18. The van der Waals surface area contributed by atoms with Gasteiger partial charge in [-0.25, -0.2) is 9.59 Å². The molecule has 7 nitrogen and oxygen atoms in total. The summed E-state index contributed by atoms with van der Waals surface area (Å²) in [6.45, 7) is 0. The predicted molar refractivity (Wildman–Crippen MR) is 147 cm³/mol. The average Bonchev–Trinajstić information content (AvgIpc) is 2.93. The number of rotatable bonds is 8. The number of para-hydroxylation sites is 2. The van der Waals surface area contributed by atoms with E-state index in [1.807, 2.05) is 60.7 Å². The van der Waals surface area contributed by atoms with Crippen LogP contribution >= 0.6 is 11.8 Å². The molecule has 0 aliphatic carbocycles. The summed E-state index contributed by atoms with van der Waals surface area (Å²) >= 11 is 1.36. The van der Waals surface area contributed by atoms with E-state index in [1.165, 1.54) is 18.9 Å². The van der Waals surface area contributed by atoms with Crippen molar-refractivity contribution in [2.75, 3.05) is 23.1 Å². The van der Waals surface area contributed by atoms with Crippen molar-refractivity contribution in [1.82, 2.24) is 0 Å². The minimum atomic E-state index is -0.591. The zero-order chi connectivity index (χ0) is 26.0. The number of hydrogen-bond acceptors (Lipinski definition) is 5. The molecule has 1 atom stereocenters. The number of benzene rings is 4. The number of ether oxygens (including phenoxy) is 1. The zero-order valence-corrected chi connectivity index (χ0v) is 20.8. The summed E-state index contributed by atoms with van der Waals surface area (Å²) in [5.74, 6) is -0.809. The van der Waals surface area contributed by atoms with Gasteiger partial charge < -0.3 is 20.7 Å². The van der Waals surface area contributed by atoms with E-state index in [-0.39, 0.29) is 17.5 Å². The van der Waals surface area contributed by atoms with Crippen LogP contribution in [0.2, 0.25) is 0 Å². The molecule has 3 amide bonds. The number of hydrogen-bond donors (Lipinski definition) is 3. The summed E-state index contributed by atoms with van der Waals surface area (Å²) in [4.78, 5) is 38.7. The van der Waals surface area contributed by atoms with Crippen LogP contribution < -0.4 is 16.0 Å². The molecule has 0 aliphatic rings. The lowest BCUT2D eigenvalue weighted by molar-refractivity contribution is -0.115. The Labute approximate surface area is 219 Å². The number of thioether (sulfide) groups is 1. The van der Waals surface area contributed by atoms with Gasteiger partial charge in [0.25, 0.3) is 0 Å². The number of nitrogens with one attached hydrogen (secondary N) is 3. The van der Waals surface area contributed by atoms with Crippen LogP contribution in [0.4, 0.5) is 21.9 Å². The molecule has 0 aromatic heterocycles. The summed E-state index contributed by atoms with van der Waals surface area (Å²) < 4.78 is 4.84. The van der Waals surface area contributed by atoms with Crippen molar-refractivity contribution in [3.8, 4) is 0 Å². The molecule has 4 rings (SSSR count). The first kappa shape index (κ1) is 25.5. The van der Waals surface area contributed by atoms with Gasteiger partial charge in [0.1, 0.15) is 5.25 Å². The largest absolute Gasteiger partial charge is 0.465 e. The van der Waals surface area contributed by atoms with Gasteiger partial charge in [0.15, 0.2) is 0 Å². The maximum absolute atomic E-state index is 13.4. The molecule has 3 N–H and O–H groups in total. The number of carbonyl (C=O) groups excluding carboxylic acids is 3. The van der Waals surface area contributed by atoms with Crippen LogP contribution in [-0.2, 0) is 9.53 Å². The first-order valence-electron chi connectivity index (χ1n) is 11.5. The van der Waals surface area contributed by atoms with E-state index in [1.54, 1.807) is 48.5 Å². The Morgan fingerprint density at radius 2 is 1.24 bits per heavy atom. The Kier molecular flexibility index (Phi) is 8.57. The first-order chi connectivity index (χ1) is 18.0. The van der Waals surface area contributed by atoms with Crippen molar-refractivity contribution in [2.45, 2.75) is 10.1 Å².